The van der Waals surface area contributed by atoms with E-state index in [1.807, 2.05) is 30.3 Å². The first-order chi connectivity index (χ1) is 8.18. The van der Waals surface area contributed by atoms with Crippen molar-refractivity contribution in [2.24, 2.45) is 5.73 Å². The monoisotopic (exact) mass is 233 g/mol. The van der Waals surface area contributed by atoms with Crippen LogP contribution in [0.3, 0.4) is 0 Å². The van der Waals surface area contributed by atoms with Crippen molar-refractivity contribution in [1.82, 2.24) is 0 Å². The average molecular weight is 233 g/mol. The normalized spacial score (nSPS) is 26.6. The standard InChI is InChI=1S/C14H19NO2/c1-2-3-9-17-13(16)14(15)10-12(14)11-7-5-4-6-8-11/h4-8,12H,2-3,9-10,15H2,1H3. The van der Waals surface area contributed by atoms with Gasteiger partial charge in [0.1, 0.15) is 5.54 Å². The van der Waals surface area contributed by atoms with Crippen molar-refractivity contribution in [3.63, 3.8) is 0 Å². The summed E-state index contributed by atoms with van der Waals surface area (Å²) in [5, 5.41) is 0. The third kappa shape index (κ3) is 2.50. The number of hydrogen-bond donors (Lipinski definition) is 1. The minimum atomic E-state index is -0.783. The van der Waals surface area contributed by atoms with E-state index in [1.54, 1.807) is 0 Å². The lowest BCUT2D eigenvalue weighted by Gasteiger charge is -2.11. The molecule has 0 aliphatic heterocycles. The second kappa shape index (κ2) is 4.88. The molecule has 0 amide bonds. The highest BCUT2D eigenvalue weighted by Crippen LogP contribution is 2.50. The number of unbranched alkanes of at least 4 members (excludes halogenated alkanes) is 1. The summed E-state index contributed by atoms with van der Waals surface area (Å²) in [7, 11) is 0. The number of rotatable bonds is 5. The highest BCUT2D eigenvalue weighted by Gasteiger charge is 2.58. The smallest absolute Gasteiger partial charge is 0.326 e. The first-order valence-electron chi connectivity index (χ1n) is 6.19. The minimum absolute atomic E-state index is 0.123. The van der Waals surface area contributed by atoms with Crippen LogP contribution in [0.25, 0.3) is 0 Å². The molecule has 2 N–H and O–H groups in total. The summed E-state index contributed by atoms with van der Waals surface area (Å²) in [6.07, 6.45) is 2.62. The number of carbonyl (C=O) groups is 1. The first kappa shape index (κ1) is 12.1. The summed E-state index contributed by atoms with van der Waals surface area (Å²) < 4.78 is 5.20. The molecule has 0 bridgehead atoms. The van der Waals surface area contributed by atoms with Crippen molar-refractivity contribution in [3.8, 4) is 0 Å². The van der Waals surface area contributed by atoms with Crippen molar-refractivity contribution in [2.75, 3.05) is 6.61 Å². The van der Waals surface area contributed by atoms with E-state index in [9.17, 15) is 4.79 Å². The second-order valence-electron chi connectivity index (χ2n) is 4.70. The fraction of sp³-hybridized carbons (Fsp3) is 0.500. The van der Waals surface area contributed by atoms with E-state index < -0.39 is 5.54 Å². The number of nitrogens with two attached hydrogens (primary N) is 1. The average Bonchev–Trinajstić information content (AvgIpc) is 3.05. The van der Waals surface area contributed by atoms with E-state index in [1.165, 1.54) is 0 Å². The zero-order valence-electron chi connectivity index (χ0n) is 10.2. The van der Waals surface area contributed by atoms with Gasteiger partial charge in [-0.1, -0.05) is 43.7 Å². The van der Waals surface area contributed by atoms with E-state index in [4.69, 9.17) is 10.5 Å². The predicted octanol–water partition coefficient (Wildman–Crippen LogP) is 2.21. The van der Waals surface area contributed by atoms with Crippen molar-refractivity contribution < 1.29 is 9.53 Å². The molecule has 92 valence electrons. The predicted molar refractivity (Wildman–Crippen MR) is 66.6 cm³/mol. The fourth-order valence-electron chi connectivity index (χ4n) is 2.05. The molecule has 0 radical (unpaired) electrons. The third-order valence-corrected chi connectivity index (χ3v) is 3.32. The minimum Gasteiger partial charge on any atom is -0.464 e. The molecule has 3 heteroatoms. The molecule has 1 fully saturated rings. The Balaban J connectivity index is 1.93. The molecule has 1 aromatic rings. The molecule has 3 nitrogen and oxygen atoms in total. The molecule has 2 atom stereocenters. The van der Waals surface area contributed by atoms with Crippen LogP contribution in [0.1, 0.15) is 37.7 Å². The van der Waals surface area contributed by atoms with Crippen LogP contribution in [0.15, 0.2) is 30.3 Å². The Morgan fingerprint density at radius 3 is 2.82 bits per heavy atom. The maximum Gasteiger partial charge on any atom is 0.326 e. The van der Waals surface area contributed by atoms with Gasteiger partial charge in [-0.05, 0) is 18.4 Å². The van der Waals surface area contributed by atoms with E-state index in [2.05, 4.69) is 6.92 Å². The maximum absolute atomic E-state index is 11.8. The van der Waals surface area contributed by atoms with Crippen LogP contribution in [-0.2, 0) is 9.53 Å². The lowest BCUT2D eigenvalue weighted by molar-refractivity contribution is -0.146. The third-order valence-electron chi connectivity index (χ3n) is 3.32. The first-order valence-corrected chi connectivity index (χ1v) is 6.19. The second-order valence-corrected chi connectivity index (χ2v) is 4.70. The molecule has 0 heterocycles. The van der Waals surface area contributed by atoms with Gasteiger partial charge in [-0.3, -0.25) is 4.79 Å². The van der Waals surface area contributed by atoms with Gasteiger partial charge in [0, 0.05) is 5.92 Å². The van der Waals surface area contributed by atoms with E-state index >= 15 is 0 Å². The summed E-state index contributed by atoms with van der Waals surface area (Å²) in [5.74, 6) is -0.127. The SMILES string of the molecule is CCCCOC(=O)C1(N)CC1c1ccccc1. The van der Waals surface area contributed by atoms with Crippen molar-refractivity contribution in [1.29, 1.82) is 0 Å². The zero-order valence-corrected chi connectivity index (χ0v) is 10.2. The van der Waals surface area contributed by atoms with Gasteiger partial charge >= 0.3 is 5.97 Å². The lowest BCUT2D eigenvalue weighted by atomic mass is 10.1. The van der Waals surface area contributed by atoms with Crippen molar-refractivity contribution in [3.05, 3.63) is 35.9 Å². The van der Waals surface area contributed by atoms with E-state index in [0.29, 0.717) is 13.0 Å². The number of hydrogen-bond acceptors (Lipinski definition) is 3. The van der Waals surface area contributed by atoms with Crippen molar-refractivity contribution in [2.45, 2.75) is 37.6 Å². The lowest BCUT2D eigenvalue weighted by Crippen LogP contribution is -2.36. The van der Waals surface area contributed by atoms with E-state index in [-0.39, 0.29) is 11.9 Å². The van der Waals surface area contributed by atoms with Gasteiger partial charge in [0.2, 0.25) is 0 Å². The molecule has 1 aliphatic rings. The highest BCUT2D eigenvalue weighted by molar-refractivity contribution is 5.86. The van der Waals surface area contributed by atoms with Gasteiger partial charge in [-0.25, -0.2) is 0 Å². The number of esters is 1. The van der Waals surface area contributed by atoms with Crippen LogP contribution in [0.2, 0.25) is 0 Å². The molecule has 17 heavy (non-hydrogen) atoms. The Morgan fingerprint density at radius 1 is 1.47 bits per heavy atom. The van der Waals surface area contributed by atoms with Gasteiger partial charge in [0.05, 0.1) is 6.61 Å². The molecule has 0 saturated heterocycles. The number of ether oxygens (including phenoxy) is 1. The van der Waals surface area contributed by atoms with Crippen LogP contribution in [0.4, 0.5) is 0 Å². The quantitative estimate of drug-likeness (QED) is 0.626. The molecule has 1 aromatic carbocycles. The highest BCUT2D eigenvalue weighted by atomic mass is 16.5. The number of benzene rings is 1. The molecule has 0 spiro atoms. The molecule has 2 rings (SSSR count). The van der Waals surface area contributed by atoms with Crippen molar-refractivity contribution >= 4 is 5.97 Å². The Kier molecular flexibility index (Phi) is 3.48. The van der Waals surface area contributed by atoms with Crippen LogP contribution in [0, 0.1) is 0 Å². The summed E-state index contributed by atoms with van der Waals surface area (Å²) in [5.41, 5.74) is 6.42. The van der Waals surface area contributed by atoms with Crippen LogP contribution in [-0.4, -0.2) is 18.1 Å². The van der Waals surface area contributed by atoms with Crippen LogP contribution in [0.5, 0.6) is 0 Å². The van der Waals surface area contributed by atoms with Gasteiger partial charge in [0.25, 0.3) is 0 Å². The molecular weight excluding hydrogens is 214 g/mol. The molecular formula is C14H19NO2. The Bertz CT molecular complexity index is 390. The Morgan fingerprint density at radius 2 is 2.18 bits per heavy atom. The van der Waals surface area contributed by atoms with E-state index in [0.717, 1.165) is 18.4 Å². The van der Waals surface area contributed by atoms with Gasteiger partial charge in [0.15, 0.2) is 0 Å². The molecule has 1 saturated carbocycles. The van der Waals surface area contributed by atoms with Gasteiger partial charge < -0.3 is 10.5 Å². The molecule has 0 aromatic heterocycles. The van der Waals surface area contributed by atoms with Crippen LogP contribution >= 0.6 is 0 Å². The summed E-state index contributed by atoms with van der Waals surface area (Å²) in [6, 6.07) is 9.92. The summed E-state index contributed by atoms with van der Waals surface area (Å²) in [4.78, 5) is 11.8. The molecule has 1 aliphatic carbocycles. The Hall–Kier alpha value is -1.35. The summed E-state index contributed by atoms with van der Waals surface area (Å²) in [6.45, 7) is 2.55. The zero-order chi connectivity index (χ0) is 12.3. The Labute approximate surface area is 102 Å². The summed E-state index contributed by atoms with van der Waals surface area (Å²) >= 11 is 0. The van der Waals surface area contributed by atoms with Gasteiger partial charge in [-0.15, -0.1) is 0 Å². The largest absolute Gasteiger partial charge is 0.464 e. The van der Waals surface area contributed by atoms with Gasteiger partial charge in [-0.2, -0.15) is 0 Å². The fourth-order valence-corrected chi connectivity index (χ4v) is 2.05. The topological polar surface area (TPSA) is 52.3 Å². The number of carbonyl (C=O) groups excluding carboxylic acids is 1. The maximum atomic E-state index is 11.8. The molecule has 2 unspecified atom stereocenters. The van der Waals surface area contributed by atoms with Crippen LogP contribution < -0.4 is 5.73 Å².